The summed E-state index contributed by atoms with van der Waals surface area (Å²) in [4.78, 5) is 27.3. The average Bonchev–Trinajstić information content (AvgIpc) is 2.73. The van der Waals surface area contributed by atoms with Crippen LogP contribution in [0.5, 0.6) is 0 Å². The smallest absolute Gasteiger partial charge is 0.410 e. The number of oxazole rings is 1. The SMILES string of the molecule is C=CCOC(=O)N1CC(c2nc(C(=O)O)co2)C1. The Bertz CT molecular complexity index is 476. The fraction of sp³-hybridized carbons (Fsp3) is 0.364. The van der Waals surface area contributed by atoms with Crippen molar-refractivity contribution in [2.75, 3.05) is 19.7 Å². The molecule has 2 heterocycles. The van der Waals surface area contributed by atoms with Crippen molar-refractivity contribution >= 4 is 12.1 Å². The number of aromatic nitrogens is 1. The van der Waals surface area contributed by atoms with Crippen molar-refractivity contribution in [3.8, 4) is 0 Å². The number of carbonyl (C=O) groups excluding carboxylic acids is 1. The van der Waals surface area contributed by atoms with E-state index in [2.05, 4.69) is 11.6 Å². The number of hydrogen-bond acceptors (Lipinski definition) is 5. The quantitative estimate of drug-likeness (QED) is 0.806. The zero-order chi connectivity index (χ0) is 13.1. The first-order valence-corrected chi connectivity index (χ1v) is 5.33. The maximum absolute atomic E-state index is 11.4. The van der Waals surface area contributed by atoms with Gasteiger partial charge in [-0.15, -0.1) is 0 Å². The summed E-state index contributed by atoms with van der Waals surface area (Å²) in [5, 5.41) is 8.69. The summed E-state index contributed by atoms with van der Waals surface area (Å²) in [6.45, 7) is 4.43. The number of ether oxygens (including phenoxy) is 1. The summed E-state index contributed by atoms with van der Waals surface area (Å²) >= 11 is 0. The molecule has 0 saturated carbocycles. The number of hydrogen-bond donors (Lipinski definition) is 1. The largest absolute Gasteiger partial charge is 0.476 e. The topological polar surface area (TPSA) is 92.9 Å². The molecular formula is C11H12N2O5. The number of likely N-dealkylation sites (tertiary alicyclic amines) is 1. The van der Waals surface area contributed by atoms with Crippen LogP contribution in [0.25, 0.3) is 0 Å². The molecule has 1 aliphatic heterocycles. The van der Waals surface area contributed by atoms with E-state index < -0.39 is 12.1 Å². The van der Waals surface area contributed by atoms with Gasteiger partial charge >= 0.3 is 12.1 Å². The van der Waals surface area contributed by atoms with Gasteiger partial charge in [-0.1, -0.05) is 12.7 Å². The Morgan fingerprint density at radius 1 is 1.67 bits per heavy atom. The van der Waals surface area contributed by atoms with Gasteiger partial charge < -0.3 is 19.2 Å². The molecule has 1 aromatic rings. The highest BCUT2D eigenvalue weighted by atomic mass is 16.6. The third kappa shape index (κ3) is 2.34. The summed E-state index contributed by atoms with van der Waals surface area (Å²) in [6.07, 6.45) is 2.16. The van der Waals surface area contributed by atoms with E-state index in [1.807, 2.05) is 0 Å². The molecule has 0 radical (unpaired) electrons. The molecule has 1 N–H and O–H groups in total. The molecule has 1 aliphatic rings. The lowest BCUT2D eigenvalue weighted by molar-refractivity contribution is 0.0685. The van der Waals surface area contributed by atoms with E-state index in [-0.39, 0.29) is 18.2 Å². The first-order chi connectivity index (χ1) is 8.61. The highest BCUT2D eigenvalue weighted by molar-refractivity contribution is 5.84. The van der Waals surface area contributed by atoms with Crippen LogP contribution in [-0.4, -0.2) is 46.7 Å². The average molecular weight is 252 g/mol. The van der Waals surface area contributed by atoms with E-state index >= 15 is 0 Å². The Morgan fingerprint density at radius 2 is 2.39 bits per heavy atom. The van der Waals surface area contributed by atoms with Crippen LogP contribution in [-0.2, 0) is 4.74 Å². The molecule has 0 bridgehead atoms. The monoisotopic (exact) mass is 252 g/mol. The molecule has 1 aromatic heterocycles. The lowest BCUT2D eigenvalue weighted by Crippen LogP contribution is -2.48. The molecule has 7 nitrogen and oxygen atoms in total. The molecule has 0 unspecified atom stereocenters. The van der Waals surface area contributed by atoms with Gasteiger partial charge in [-0.05, 0) is 0 Å². The third-order valence-electron chi connectivity index (χ3n) is 2.55. The second-order valence-electron chi connectivity index (χ2n) is 3.84. The van der Waals surface area contributed by atoms with Crippen LogP contribution >= 0.6 is 0 Å². The summed E-state index contributed by atoms with van der Waals surface area (Å²) < 4.78 is 9.90. The number of carboxylic acid groups (broad SMARTS) is 1. The zero-order valence-corrected chi connectivity index (χ0v) is 9.54. The molecule has 1 fully saturated rings. The van der Waals surface area contributed by atoms with E-state index in [0.29, 0.717) is 19.0 Å². The van der Waals surface area contributed by atoms with Gasteiger partial charge in [-0.25, -0.2) is 14.6 Å². The number of rotatable bonds is 4. The van der Waals surface area contributed by atoms with Gasteiger partial charge in [0.1, 0.15) is 12.9 Å². The number of carboxylic acids is 1. The number of amides is 1. The van der Waals surface area contributed by atoms with E-state index in [9.17, 15) is 9.59 Å². The molecule has 18 heavy (non-hydrogen) atoms. The number of nitrogens with zero attached hydrogens (tertiary/aromatic N) is 2. The van der Waals surface area contributed by atoms with Gasteiger partial charge in [0.05, 0.1) is 5.92 Å². The van der Waals surface area contributed by atoms with Crippen LogP contribution in [0.2, 0.25) is 0 Å². The zero-order valence-electron chi connectivity index (χ0n) is 9.54. The van der Waals surface area contributed by atoms with Gasteiger partial charge in [-0.2, -0.15) is 0 Å². The second kappa shape index (κ2) is 4.91. The highest BCUT2D eigenvalue weighted by Gasteiger charge is 2.36. The van der Waals surface area contributed by atoms with E-state index in [4.69, 9.17) is 14.3 Å². The van der Waals surface area contributed by atoms with Crippen LogP contribution in [0.4, 0.5) is 4.79 Å². The van der Waals surface area contributed by atoms with E-state index in [0.717, 1.165) is 6.26 Å². The first-order valence-electron chi connectivity index (χ1n) is 5.33. The molecule has 0 aliphatic carbocycles. The Balaban J connectivity index is 1.86. The molecule has 1 amide bonds. The summed E-state index contributed by atoms with van der Waals surface area (Å²) in [7, 11) is 0. The summed E-state index contributed by atoms with van der Waals surface area (Å²) in [6, 6.07) is 0. The van der Waals surface area contributed by atoms with Crippen molar-refractivity contribution in [3.63, 3.8) is 0 Å². The second-order valence-corrected chi connectivity index (χ2v) is 3.84. The Labute approximate surface area is 103 Å². The molecule has 7 heteroatoms. The van der Waals surface area contributed by atoms with Gasteiger partial charge in [-0.3, -0.25) is 0 Å². The van der Waals surface area contributed by atoms with Crippen molar-refractivity contribution in [1.82, 2.24) is 9.88 Å². The van der Waals surface area contributed by atoms with E-state index in [1.54, 1.807) is 0 Å². The number of aromatic carboxylic acids is 1. The lowest BCUT2D eigenvalue weighted by atomic mass is 10.0. The van der Waals surface area contributed by atoms with Crippen LogP contribution in [0.1, 0.15) is 22.3 Å². The van der Waals surface area contributed by atoms with Crippen LogP contribution in [0.3, 0.4) is 0 Å². The predicted octanol–water partition coefficient (Wildman–Crippen LogP) is 1.09. The predicted molar refractivity (Wildman–Crippen MR) is 59.3 cm³/mol. The van der Waals surface area contributed by atoms with Gasteiger partial charge in [0.15, 0.2) is 5.69 Å². The Morgan fingerprint density at radius 3 is 2.94 bits per heavy atom. The molecular weight excluding hydrogens is 240 g/mol. The fourth-order valence-electron chi connectivity index (χ4n) is 1.58. The Kier molecular flexibility index (Phi) is 3.31. The van der Waals surface area contributed by atoms with Crippen molar-refractivity contribution in [2.24, 2.45) is 0 Å². The standard InChI is InChI=1S/C11H12N2O5/c1-2-3-17-11(16)13-4-7(5-13)9-12-8(6-18-9)10(14)15/h2,6-7H,1,3-5H2,(H,14,15). The van der Waals surface area contributed by atoms with Crippen LogP contribution in [0, 0.1) is 0 Å². The third-order valence-corrected chi connectivity index (χ3v) is 2.55. The maximum atomic E-state index is 11.4. The number of carbonyl (C=O) groups is 2. The lowest BCUT2D eigenvalue weighted by Gasteiger charge is -2.36. The van der Waals surface area contributed by atoms with Gasteiger partial charge in [0.25, 0.3) is 0 Å². The molecule has 0 atom stereocenters. The summed E-state index contributed by atoms with van der Waals surface area (Å²) in [5.74, 6) is -0.874. The van der Waals surface area contributed by atoms with Crippen LogP contribution in [0.15, 0.2) is 23.3 Å². The molecule has 2 rings (SSSR count). The molecule has 0 aromatic carbocycles. The first kappa shape index (κ1) is 12.2. The van der Waals surface area contributed by atoms with E-state index in [1.165, 1.54) is 11.0 Å². The normalized spacial score (nSPS) is 15.0. The maximum Gasteiger partial charge on any atom is 0.410 e. The minimum Gasteiger partial charge on any atom is -0.476 e. The van der Waals surface area contributed by atoms with Crippen molar-refractivity contribution in [3.05, 3.63) is 30.5 Å². The van der Waals surface area contributed by atoms with Crippen molar-refractivity contribution in [2.45, 2.75) is 5.92 Å². The Hall–Kier alpha value is -2.31. The van der Waals surface area contributed by atoms with Gasteiger partial charge in [0.2, 0.25) is 5.89 Å². The van der Waals surface area contributed by atoms with Crippen molar-refractivity contribution in [1.29, 1.82) is 0 Å². The van der Waals surface area contributed by atoms with Crippen molar-refractivity contribution < 1.29 is 23.8 Å². The van der Waals surface area contributed by atoms with Gasteiger partial charge in [0, 0.05) is 13.1 Å². The van der Waals surface area contributed by atoms with Crippen LogP contribution < -0.4 is 0 Å². The fourth-order valence-corrected chi connectivity index (χ4v) is 1.58. The molecule has 96 valence electrons. The minimum absolute atomic E-state index is 0.0746. The minimum atomic E-state index is -1.13. The molecule has 0 spiro atoms. The molecule has 1 saturated heterocycles. The highest BCUT2D eigenvalue weighted by Crippen LogP contribution is 2.26. The summed E-state index contributed by atoms with van der Waals surface area (Å²) in [5.41, 5.74) is -0.127.